The van der Waals surface area contributed by atoms with Crippen LogP contribution in [0.3, 0.4) is 0 Å². The highest BCUT2D eigenvalue weighted by atomic mass is 79.9. The summed E-state index contributed by atoms with van der Waals surface area (Å²) in [4.78, 5) is 20.0. The quantitative estimate of drug-likeness (QED) is 0.853. The fourth-order valence-electron chi connectivity index (χ4n) is 2.03. The number of hydrogen-bond acceptors (Lipinski definition) is 3. The van der Waals surface area contributed by atoms with Gasteiger partial charge in [0.2, 0.25) is 5.91 Å². The van der Waals surface area contributed by atoms with Crippen molar-refractivity contribution >= 4 is 39.3 Å². The van der Waals surface area contributed by atoms with Crippen molar-refractivity contribution in [1.82, 2.24) is 9.88 Å². The summed E-state index contributed by atoms with van der Waals surface area (Å²) < 4.78 is 0.798. The Bertz CT molecular complexity index is 449. The van der Waals surface area contributed by atoms with Gasteiger partial charge in [-0.1, -0.05) is 11.6 Å². The molecule has 98 valence electrons. The van der Waals surface area contributed by atoms with Crippen LogP contribution in [0.15, 0.2) is 16.7 Å². The van der Waals surface area contributed by atoms with Gasteiger partial charge in [0.15, 0.2) is 0 Å². The maximum absolute atomic E-state index is 12.0. The molecular weight excluding hydrogens is 318 g/mol. The minimum absolute atomic E-state index is 0.152. The second-order valence-electron chi connectivity index (χ2n) is 4.40. The number of carbonyl (C=O) groups excluding carboxylic acids is 1. The molecule has 0 N–H and O–H groups in total. The number of likely N-dealkylation sites (N-methyl/N-ethyl adjacent to an activating group) is 1. The summed E-state index contributed by atoms with van der Waals surface area (Å²) in [5.41, 5.74) is 0. The Morgan fingerprint density at radius 1 is 1.56 bits per heavy atom. The minimum atomic E-state index is 0.152. The molecule has 1 amide bonds. The molecule has 0 spiro atoms. The average Bonchev–Trinajstić information content (AvgIpc) is 2.81. The zero-order chi connectivity index (χ0) is 13.1. The second-order valence-corrected chi connectivity index (χ2v) is 5.69. The van der Waals surface area contributed by atoms with Crippen molar-refractivity contribution in [1.29, 1.82) is 0 Å². The van der Waals surface area contributed by atoms with E-state index in [4.69, 9.17) is 11.6 Å². The zero-order valence-electron chi connectivity index (χ0n) is 10.2. The standard InChI is InChI=1S/C12H15BrClN3O/c1-16(8-11(18)17-4-2-3-5-17)12-10(13)6-9(14)7-15-12/h6-7H,2-5,8H2,1H3. The second kappa shape index (κ2) is 5.89. The predicted octanol–water partition coefficient (Wildman–Crippen LogP) is 2.56. The molecule has 1 aliphatic rings. The molecule has 1 aliphatic heterocycles. The van der Waals surface area contributed by atoms with Gasteiger partial charge in [-0.25, -0.2) is 4.98 Å². The van der Waals surface area contributed by atoms with Gasteiger partial charge in [-0.3, -0.25) is 4.79 Å². The van der Waals surface area contributed by atoms with Crippen molar-refractivity contribution in [2.75, 3.05) is 31.6 Å². The lowest BCUT2D eigenvalue weighted by Gasteiger charge is -2.22. The van der Waals surface area contributed by atoms with Crippen molar-refractivity contribution < 1.29 is 4.79 Å². The van der Waals surface area contributed by atoms with Gasteiger partial charge in [0.05, 0.1) is 16.0 Å². The number of pyridine rings is 1. The van der Waals surface area contributed by atoms with Gasteiger partial charge < -0.3 is 9.80 Å². The Hall–Kier alpha value is -0.810. The van der Waals surface area contributed by atoms with E-state index in [1.807, 2.05) is 16.8 Å². The third kappa shape index (κ3) is 3.14. The van der Waals surface area contributed by atoms with Crippen molar-refractivity contribution in [3.05, 3.63) is 21.8 Å². The van der Waals surface area contributed by atoms with Crippen LogP contribution in [0.5, 0.6) is 0 Å². The van der Waals surface area contributed by atoms with Gasteiger partial charge >= 0.3 is 0 Å². The summed E-state index contributed by atoms with van der Waals surface area (Å²) in [5, 5.41) is 0.574. The van der Waals surface area contributed by atoms with Gasteiger partial charge in [-0.05, 0) is 34.8 Å². The number of likely N-dealkylation sites (tertiary alicyclic amines) is 1. The van der Waals surface area contributed by atoms with Crippen LogP contribution in [0.25, 0.3) is 0 Å². The van der Waals surface area contributed by atoms with E-state index in [9.17, 15) is 4.79 Å². The first-order valence-electron chi connectivity index (χ1n) is 5.88. The number of carbonyl (C=O) groups is 1. The van der Waals surface area contributed by atoms with E-state index in [2.05, 4.69) is 20.9 Å². The molecule has 0 bridgehead atoms. The molecule has 18 heavy (non-hydrogen) atoms. The maximum atomic E-state index is 12.0. The van der Waals surface area contributed by atoms with E-state index in [1.165, 1.54) is 0 Å². The summed E-state index contributed by atoms with van der Waals surface area (Å²) in [6.45, 7) is 2.09. The number of hydrogen-bond donors (Lipinski definition) is 0. The molecule has 4 nitrogen and oxygen atoms in total. The molecule has 0 unspecified atom stereocenters. The normalized spacial score (nSPS) is 14.9. The number of amides is 1. The highest BCUT2D eigenvalue weighted by Gasteiger charge is 2.20. The van der Waals surface area contributed by atoms with Crippen LogP contribution in [0.1, 0.15) is 12.8 Å². The topological polar surface area (TPSA) is 36.4 Å². The van der Waals surface area contributed by atoms with Gasteiger partial charge in [0, 0.05) is 26.3 Å². The summed E-state index contributed by atoms with van der Waals surface area (Å²) in [6, 6.07) is 1.78. The molecule has 0 saturated carbocycles. The van der Waals surface area contributed by atoms with E-state index < -0.39 is 0 Å². The van der Waals surface area contributed by atoms with E-state index in [0.717, 1.165) is 36.2 Å². The first-order chi connectivity index (χ1) is 8.58. The monoisotopic (exact) mass is 331 g/mol. The smallest absolute Gasteiger partial charge is 0.242 e. The number of halogens is 2. The summed E-state index contributed by atoms with van der Waals surface area (Å²) in [5.74, 6) is 0.880. The van der Waals surface area contributed by atoms with Crippen LogP contribution in [0.4, 0.5) is 5.82 Å². The Kier molecular flexibility index (Phi) is 4.45. The van der Waals surface area contributed by atoms with Crippen LogP contribution >= 0.6 is 27.5 Å². The molecular formula is C12H15BrClN3O. The van der Waals surface area contributed by atoms with E-state index in [-0.39, 0.29) is 5.91 Å². The maximum Gasteiger partial charge on any atom is 0.242 e. The fraction of sp³-hybridized carbons (Fsp3) is 0.500. The van der Waals surface area contributed by atoms with Crippen LogP contribution < -0.4 is 4.90 Å². The van der Waals surface area contributed by atoms with E-state index in [0.29, 0.717) is 11.6 Å². The lowest BCUT2D eigenvalue weighted by molar-refractivity contribution is -0.128. The minimum Gasteiger partial charge on any atom is -0.349 e. The van der Waals surface area contributed by atoms with E-state index in [1.54, 1.807) is 12.3 Å². The zero-order valence-corrected chi connectivity index (χ0v) is 12.5. The first kappa shape index (κ1) is 13.6. The van der Waals surface area contributed by atoms with Crippen molar-refractivity contribution in [2.24, 2.45) is 0 Å². The first-order valence-corrected chi connectivity index (χ1v) is 7.05. The summed E-state index contributed by atoms with van der Waals surface area (Å²) in [6.07, 6.45) is 3.80. The van der Waals surface area contributed by atoms with Crippen molar-refractivity contribution in [3.63, 3.8) is 0 Å². The number of anilines is 1. The van der Waals surface area contributed by atoms with Crippen molar-refractivity contribution in [3.8, 4) is 0 Å². The molecule has 1 aromatic heterocycles. The number of nitrogens with zero attached hydrogens (tertiary/aromatic N) is 3. The predicted molar refractivity (Wildman–Crippen MR) is 76.0 cm³/mol. The molecule has 6 heteroatoms. The van der Waals surface area contributed by atoms with Crippen LogP contribution in [-0.4, -0.2) is 42.5 Å². The molecule has 0 radical (unpaired) electrons. The highest BCUT2D eigenvalue weighted by molar-refractivity contribution is 9.10. The number of aromatic nitrogens is 1. The van der Waals surface area contributed by atoms with Gasteiger partial charge in [-0.2, -0.15) is 0 Å². The Labute approximate surface area is 120 Å². The summed E-state index contributed by atoms with van der Waals surface area (Å²) in [7, 11) is 1.86. The molecule has 0 atom stereocenters. The summed E-state index contributed by atoms with van der Waals surface area (Å²) >= 11 is 9.25. The molecule has 2 heterocycles. The van der Waals surface area contributed by atoms with Crippen LogP contribution in [0, 0.1) is 0 Å². The largest absolute Gasteiger partial charge is 0.349 e. The molecule has 1 saturated heterocycles. The van der Waals surface area contributed by atoms with E-state index >= 15 is 0 Å². The molecule has 0 aromatic carbocycles. The third-order valence-electron chi connectivity index (χ3n) is 2.98. The highest BCUT2D eigenvalue weighted by Crippen LogP contribution is 2.25. The van der Waals surface area contributed by atoms with Gasteiger partial charge in [-0.15, -0.1) is 0 Å². The Morgan fingerprint density at radius 3 is 2.83 bits per heavy atom. The molecule has 0 aliphatic carbocycles. The SMILES string of the molecule is CN(CC(=O)N1CCCC1)c1ncc(Cl)cc1Br. The number of rotatable bonds is 3. The van der Waals surface area contributed by atoms with Gasteiger partial charge in [0.1, 0.15) is 5.82 Å². The fourth-order valence-corrected chi connectivity index (χ4v) is 2.97. The van der Waals surface area contributed by atoms with Gasteiger partial charge in [0.25, 0.3) is 0 Å². The van der Waals surface area contributed by atoms with Crippen LogP contribution in [0.2, 0.25) is 5.02 Å². The lowest BCUT2D eigenvalue weighted by atomic mass is 10.4. The van der Waals surface area contributed by atoms with Crippen LogP contribution in [-0.2, 0) is 4.79 Å². The molecule has 1 aromatic rings. The average molecular weight is 333 g/mol. The molecule has 1 fully saturated rings. The third-order valence-corrected chi connectivity index (χ3v) is 3.77. The van der Waals surface area contributed by atoms with Crippen molar-refractivity contribution in [2.45, 2.75) is 12.8 Å². The molecule has 2 rings (SSSR count). The Morgan fingerprint density at radius 2 is 2.22 bits per heavy atom. The lowest BCUT2D eigenvalue weighted by Crippen LogP contribution is -2.37. The Balaban J connectivity index is 2.02.